The molecule has 0 heterocycles. The van der Waals surface area contributed by atoms with E-state index < -0.39 is 5.97 Å². The Bertz CT molecular complexity index is 701. The third kappa shape index (κ3) is 3.57. The van der Waals surface area contributed by atoms with Crippen molar-refractivity contribution in [1.82, 2.24) is 0 Å². The molecule has 2 rings (SSSR count). The zero-order chi connectivity index (χ0) is 16.3. The molecule has 22 heavy (non-hydrogen) atoms. The number of esters is 1. The molecule has 0 atom stereocenters. The fraction of sp³-hybridized carbons (Fsp3) is 0.235. The van der Waals surface area contributed by atoms with Gasteiger partial charge in [0.1, 0.15) is 5.82 Å². The maximum absolute atomic E-state index is 13.4. The number of carbonyl (C=O) groups is 1. The van der Waals surface area contributed by atoms with Crippen molar-refractivity contribution in [3.63, 3.8) is 0 Å². The molecular weight excluding hydrogens is 305 g/mol. The first-order valence-electron chi connectivity index (χ1n) is 6.86. The van der Waals surface area contributed by atoms with Crippen LogP contribution >= 0.6 is 11.6 Å². The van der Waals surface area contributed by atoms with E-state index in [1.54, 1.807) is 18.2 Å². The standard InChI is InChI=1S/C17H17ClFNO2/c1-10(2)13-9-12(19)5-7-15(13)20-16-6-4-11(18)8-14(16)17(21)22-3/h4-10,20H,1-3H3. The SMILES string of the molecule is COC(=O)c1cc(Cl)ccc1Nc1ccc(F)cc1C(C)C. The number of halogens is 2. The van der Waals surface area contributed by atoms with Crippen LogP contribution in [-0.2, 0) is 4.74 Å². The summed E-state index contributed by atoms with van der Waals surface area (Å²) in [5.41, 5.74) is 2.45. The van der Waals surface area contributed by atoms with Crippen LogP contribution in [0.1, 0.15) is 35.7 Å². The molecule has 0 aromatic heterocycles. The summed E-state index contributed by atoms with van der Waals surface area (Å²) in [6.45, 7) is 3.95. The minimum absolute atomic E-state index is 0.132. The molecule has 5 heteroatoms. The predicted octanol–water partition coefficient (Wildman–Crippen LogP) is 5.13. The van der Waals surface area contributed by atoms with Crippen LogP contribution in [0.2, 0.25) is 5.02 Å². The van der Waals surface area contributed by atoms with Crippen LogP contribution in [0.15, 0.2) is 36.4 Å². The van der Waals surface area contributed by atoms with Crippen molar-refractivity contribution in [2.75, 3.05) is 12.4 Å². The van der Waals surface area contributed by atoms with Crippen LogP contribution in [0.4, 0.5) is 15.8 Å². The Labute approximate surface area is 134 Å². The molecule has 0 aliphatic rings. The quantitative estimate of drug-likeness (QED) is 0.793. The fourth-order valence-corrected chi connectivity index (χ4v) is 2.35. The third-order valence-corrected chi connectivity index (χ3v) is 3.53. The van der Waals surface area contributed by atoms with Crippen molar-refractivity contribution in [2.45, 2.75) is 19.8 Å². The van der Waals surface area contributed by atoms with E-state index in [-0.39, 0.29) is 11.7 Å². The summed E-state index contributed by atoms with van der Waals surface area (Å²) in [5, 5.41) is 3.61. The van der Waals surface area contributed by atoms with E-state index in [1.165, 1.54) is 25.3 Å². The molecule has 0 bridgehead atoms. The van der Waals surface area contributed by atoms with Crippen LogP contribution in [-0.4, -0.2) is 13.1 Å². The van der Waals surface area contributed by atoms with Gasteiger partial charge >= 0.3 is 5.97 Å². The maximum Gasteiger partial charge on any atom is 0.340 e. The van der Waals surface area contributed by atoms with Crippen molar-refractivity contribution >= 4 is 28.9 Å². The van der Waals surface area contributed by atoms with Gasteiger partial charge in [-0.2, -0.15) is 0 Å². The maximum atomic E-state index is 13.4. The van der Waals surface area contributed by atoms with Crippen LogP contribution in [0.3, 0.4) is 0 Å². The summed E-state index contributed by atoms with van der Waals surface area (Å²) < 4.78 is 18.2. The largest absolute Gasteiger partial charge is 0.465 e. The Hall–Kier alpha value is -2.07. The number of ether oxygens (including phenoxy) is 1. The van der Waals surface area contributed by atoms with E-state index in [1.807, 2.05) is 13.8 Å². The Morgan fingerprint density at radius 1 is 1.18 bits per heavy atom. The molecule has 2 aromatic rings. The second-order valence-electron chi connectivity index (χ2n) is 5.19. The zero-order valence-corrected chi connectivity index (χ0v) is 13.4. The van der Waals surface area contributed by atoms with E-state index >= 15 is 0 Å². The first kappa shape index (κ1) is 16.3. The summed E-state index contributed by atoms with van der Waals surface area (Å²) in [5.74, 6) is -0.649. The van der Waals surface area contributed by atoms with E-state index in [9.17, 15) is 9.18 Å². The second kappa shape index (κ2) is 6.79. The van der Waals surface area contributed by atoms with Gasteiger partial charge in [-0.1, -0.05) is 25.4 Å². The highest BCUT2D eigenvalue weighted by atomic mass is 35.5. The number of anilines is 2. The lowest BCUT2D eigenvalue weighted by Crippen LogP contribution is -2.07. The number of hydrogen-bond acceptors (Lipinski definition) is 3. The summed E-state index contributed by atoms with van der Waals surface area (Å²) in [6, 6.07) is 9.42. The van der Waals surface area contributed by atoms with Gasteiger partial charge in [-0.3, -0.25) is 0 Å². The Morgan fingerprint density at radius 3 is 2.50 bits per heavy atom. The number of hydrogen-bond donors (Lipinski definition) is 1. The first-order valence-corrected chi connectivity index (χ1v) is 7.24. The summed E-state index contributed by atoms with van der Waals surface area (Å²) in [7, 11) is 1.31. The fourth-order valence-electron chi connectivity index (χ4n) is 2.17. The normalized spacial score (nSPS) is 10.6. The molecule has 0 saturated carbocycles. The summed E-state index contributed by atoms with van der Waals surface area (Å²) in [6.07, 6.45) is 0. The lowest BCUT2D eigenvalue weighted by Gasteiger charge is -2.17. The Balaban J connectivity index is 2.45. The van der Waals surface area contributed by atoms with Crippen molar-refractivity contribution < 1.29 is 13.9 Å². The van der Waals surface area contributed by atoms with Crippen LogP contribution < -0.4 is 5.32 Å². The molecule has 0 aliphatic heterocycles. The molecule has 0 radical (unpaired) electrons. The number of carbonyl (C=O) groups excluding carboxylic acids is 1. The number of nitrogens with one attached hydrogen (secondary N) is 1. The monoisotopic (exact) mass is 321 g/mol. The molecular formula is C17H17ClFNO2. The highest BCUT2D eigenvalue weighted by molar-refractivity contribution is 6.31. The van der Waals surface area contributed by atoms with Gasteiger partial charge in [-0.25, -0.2) is 9.18 Å². The minimum atomic E-state index is -0.488. The average molecular weight is 322 g/mol. The molecule has 0 fully saturated rings. The number of methoxy groups -OCH3 is 1. The molecule has 0 amide bonds. The Morgan fingerprint density at radius 2 is 1.86 bits per heavy atom. The molecule has 116 valence electrons. The molecule has 0 saturated heterocycles. The molecule has 2 aromatic carbocycles. The van der Waals surface area contributed by atoms with Crippen molar-refractivity contribution in [1.29, 1.82) is 0 Å². The highest BCUT2D eigenvalue weighted by Gasteiger charge is 2.15. The topological polar surface area (TPSA) is 38.3 Å². The van der Waals surface area contributed by atoms with Gasteiger partial charge in [-0.15, -0.1) is 0 Å². The Kier molecular flexibility index (Phi) is 5.03. The van der Waals surface area contributed by atoms with Crippen molar-refractivity contribution in [2.24, 2.45) is 0 Å². The first-order chi connectivity index (χ1) is 10.4. The molecule has 0 aliphatic carbocycles. The molecule has 0 unspecified atom stereocenters. The van der Waals surface area contributed by atoms with Gasteiger partial charge in [0, 0.05) is 10.7 Å². The van der Waals surface area contributed by atoms with Gasteiger partial charge in [0.15, 0.2) is 0 Å². The van der Waals surface area contributed by atoms with Crippen LogP contribution in [0.25, 0.3) is 0 Å². The lowest BCUT2D eigenvalue weighted by atomic mass is 10.0. The zero-order valence-electron chi connectivity index (χ0n) is 12.6. The number of benzene rings is 2. The van der Waals surface area contributed by atoms with E-state index in [4.69, 9.17) is 16.3 Å². The van der Waals surface area contributed by atoms with Crippen molar-refractivity contribution in [3.8, 4) is 0 Å². The van der Waals surface area contributed by atoms with Crippen molar-refractivity contribution in [3.05, 3.63) is 58.4 Å². The van der Waals surface area contributed by atoms with Gasteiger partial charge in [0.25, 0.3) is 0 Å². The van der Waals surface area contributed by atoms with Gasteiger partial charge in [-0.05, 0) is 47.9 Å². The predicted molar refractivity (Wildman–Crippen MR) is 86.6 cm³/mol. The summed E-state index contributed by atoms with van der Waals surface area (Å²) >= 11 is 5.94. The van der Waals surface area contributed by atoms with Gasteiger partial charge < -0.3 is 10.1 Å². The van der Waals surface area contributed by atoms with Crippen LogP contribution in [0, 0.1) is 5.82 Å². The smallest absolute Gasteiger partial charge is 0.340 e. The molecule has 1 N–H and O–H groups in total. The summed E-state index contributed by atoms with van der Waals surface area (Å²) in [4.78, 5) is 11.9. The number of rotatable bonds is 4. The van der Waals surface area contributed by atoms with Crippen LogP contribution in [0.5, 0.6) is 0 Å². The van der Waals surface area contributed by atoms with E-state index in [2.05, 4.69) is 5.32 Å². The third-order valence-electron chi connectivity index (χ3n) is 3.29. The highest BCUT2D eigenvalue weighted by Crippen LogP contribution is 2.30. The van der Waals surface area contributed by atoms with Gasteiger partial charge in [0.2, 0.25) is 0 Å². The van der Waals surface area contributed by atoms with E-state index in [0.717, 1.165) is 11.3 Å². The van der Waals surface area contributed by atoms with E-state index in [0.29, 0.717) is 16.3 Å². The molecule has 0 spiro atoms. The van der Waals surface area contributed by atoms with Gasteiger partial charge in [0.05, 0.1) is 18.4 Å². The second-order valence-corrected chi connectivity index (χ2v) is 5.63. The molecule has 3 nitrogen and oxygen atoms in total. The average Bonchev–Trinajstić information content (AvgIpc) is 2.49. The lowest BCUT2D eigenvalue weighted by molar-refractivity contribution is 0.0602. The minimum Gasteiger partial charge on any atom is -0.465 e.